The van der Waals surface area contributed by atoms with Gasteiger partial charge in [-0.05, 0) is 37.1 Å². The maximum Gasteiger partial charge on any atom is 0.274 e. The Kier molecular flexibility index (Phi) is 5.58. The van der Waals surface area contributed by atoms with Crippen LogP contribution in [0.5, 0.6) is 0 Å². The molecule has 2 aromatic rings. The quantitative estimate of drug-likeness (QED) is 0.787. The van der Waals surface area contributed by atoms with Crippen molar-refractivity contribution in [3.05, 3.63) is 53.9 Å². The number of rotatable bonds is 4. The fraction of sp³-hybridized carbons (Fsp3) is 0.368. The number of halogens is 2. The molecular weight excluding hydrogens is 324 g/mol. The van der Waals surface area contributed by atoms with Crippen LogP contribution in [0.4, 0.5) is 20.2 Å². The number of benzene rings is 1. The van der Waals surface area contributed by atoms with Crippen LogP contribution in [0.15, 0.2) is 36.5 Å². The number of pyridine rings is 1. The smallest absolute Gasteiger partial charge is 0.274 e. The third kappa shape index (κ3) is 4.75. The summed E-state index contributed by atoms with van der Waals surface area (Å²) >= 11 is 0. The first-order chi connectivity index (χ1) is 12.1. The lowest BCUT2D eigenvalue weighted by molar-refractivity contribution is 0.102. The maximum atomic E-state index is 13.2. The van der Waals surface area contributed by atoms with E-state index in [0.717, 1.165) is 30.7 Å². The highest BCUT2D eigenvalue weighted by atomic mass is 19.2. The molecule has 25 heavy (non-hydrogen) atoms. The van der Waals surface area contributed by atoms with E-state index >= 15 is 0 Å². The molecule has 3 rings (SSSR count). The van der Waals surface area contributed by atoms with Crippen LogP contribution in [0.25, 0.3) is 0 Å². The van der Waals surface area contributed by atoms with Crippen molar-refractivity contribution in [2.24, 2.45) is 0 Å². The molecule has 0 bridgehead atoms. The van der Waals surface area contributed by atoms with Gasteiger partial charge < -0.3 is 10.6 Å². The zero-order valence-corrected chi connectivity index (χ0v) is 13.9. The second-order valence-electron chi connectivity index (χ2n) is 6.35. The van der Waals surface area contributed by atoms with Crippen LogP contribution < -0.4 is 10.6 Å². The van der Waals surface area contributed by atoms with Gasteiger partial charge in [-0.3, -0.25) is 9.78 Å². The number of anilines is 2. The average Bonchev–Trinajstić information content (AvgIpc) is 2.87. The van der Waals surface area contributed by atoms with Gasteiger partial charge in [-0.1, -0.05) is 25.7 Å². The third-order valence-corrected chi connectivity index (χ3v) is 4.40. The van der Waals surface area contributed by atoms with Gasteiger partial charge in [-0.15, -0.1) is 0 Å². The van der Waals surface area contributed by atoms with E-state index in [1.165, 1.54) is 31.7 Å². The first-order valence-corrected chi connectivity index (χ1v) is 8.61. The molecule has 1 amide bonds. The Hall–Kier alpha value is -2.50. The van der Waals surface area contributed by atoms with Crippen LogP contribution in [-0.2, 0) is 0 Å². The summed E-state index contributed by atoms with van der Waals surface area (Å²) in [6.45, 7) is 0. The van der Waals surface area contributed by atoms with Crippen molar-refractivity contribution in [2.75, 3.05) is 10.6 Å². The Morgan fingerprint density at radius 3 is 2.44 bits per heavy atom. The second-order valence-corrected chi connectivity index (χ2v) is 6.35. The summed E-state index contributed by atoms with van der Waals surface area (Å²) in [4.78, 5) is 16.4. The molecule has 0 saturated heterocycles. The molecule has 1 fully saturated rings. The number of nitrogens with one attached hydrogen (secondary N) is 2. The molecule has 0 radical (unpaired) electrons. The van der Waals surface area contributed by atoms with Gasteiger partial charge in [0.2, 0.25) is 0 Å². The van der Waals surface area contributed by atoms with E-state index in [9.17, 15) is 13.6 Å². The van der Waals surface area contributed by atoms with E-state index in [0.29, 0.717) is 6.04 Å². The summed E-state index contributed by atoms with van der Waals surface area (Å²) in [6.07, 6.45) is 8.79. The molecular formula is C19H21F2N3O. The monoisotopic (exact) mass is 345 g/mol. The van der Waals surface area contributed by atoms with E-state index in [1.54, 1.807) is 12.3 Å². The minimum atomic E-state index is -1.01. The number of hydrogen-bond donors (Lipinski definition) is 2. The van der Waals surface area contributed by atoms with Crippen LogP contribution in [0, 0.1) is 11.6 Å². The standard InChI is InChI=1S/C19H21F2N3O/c20-16-8-7-14(11-17(16)21)24-19(25)18-12-15(9-10-22-18)23-13-5-3-1-2-4-6-13/h7-13H,1-6H2,(H,22,23)(H,24,25). The minimum Gasteiger partial charge on any atom is -0.382 e. The van der Waals surface area contributed by atoms with E-state index in [4.69, 9.17) is 0 Å². The maximum absolute atomic E-state index is 13.2. The number of nitrogens with zero attached hydrogens (tertiary/aromatic N) is 1. The SMILES string of the molecule is O=C(Nc1ccc(F)c(F)c1)c1cc(NC2CCCCCC2)ccn1. The number of carbonyl (C=O) groups is 1. The highest BCUT2D eigenvalue weighted by Crippen LogP contribution is 2.21. The highest BCUT2D eigenvalue weighted by Gasteiger charge is 2.14. The summed E-state index contributed by atoms with van der Waals surface area (Å²) in [5.74, 6) is -2.42. The summed E-state index contributed by atoms with van der Waals surface area (Å²) < 4.78 is 26.2. The van der Waals surface area contributed by atoms with Gasteiger partial charge in [0.15, 0.2) is 11.6 Å². The number of aromatic nitrogens is 1. The van der Waals surface area contributed by atoms with Crippen LogP contribution in [0.1, 0.15) is 49.0 Å². The molecule has 1 aromatic heterocycles. The van der Waals surface area contributed by atoms with Crippen molar-refractivity contribution in [2.45, 2.75) is 44.6 Å². The summed E-state index contributed by atoms with van der Waals surface area (Å²) in [5.41, 5.74) is 1.26. The molecule has 1 aromatic carbocycles. The molecule has 4 nitrogen and oxygen atoms in total. The van der Waals surface area contributed by atoms with Gasteiger partial charge in [0, 0.05) is 29.7 Å². The van der Waals surface area contributed by atoms with Gasteiger partial charge in [0.1, 0.15) is 5.69 Å². The lowest BCUT2D eigenvalue weighted by Gasteiger charge is -2.17. The minimum absolute atomic E-state index is 0.188. The highest BCUT2D eigenvalue weighted by molar-refractivity contribution is 6.03. The average molecular weight is 345 g/mol. The van der Waals surface area contributed by atoms with Crippen LogP contribution in [-0.4, -0.2) is 16.9 Å². The lowest BCUT2D eigenvalue weighted by Crippen LogP contribution is -2.19. The Labute approximate surface area is 145 Å². The van der Waals surface area contributed by atoms with Gasteiger partial charge in [0.05, 0.1) is 0 Å². The Morgan fingerprint density at radius 2 is 1.72 bits per heavy atom. The summed E-state index contributed by atoms with van der Waals surface area (Å²) in [7, 11) is 0. The third-order valence-electron chi connectivity index (χ3n) is 4.40. The molecule has 1 aliphatic carbocycles. The van der Waals surface area contributed by atoms with Crippen molar-refractivity contribution in [3.8, 4) is 0 Å². The summed E-state index contributed by atoms with van der Waals surface area (Å²) in [6, 6.07) is 7.15. The van der Waals surface area contributed by atoms with Crippen LogP contribution >= 0.6 is 0 Å². The number of amides is 1. The largest absolute Gasteiger partial charge is 0.382 e. The molecule has 1 heterocycles. The Balaban J connectivity index is 1.67. The van der Waals surface area contributed by atoms with E-state index in [-0.39, 0.29) is 11.4 Å². The lowest BCUT2D eigenvalue weighted by atomic mass is 10.1. The van der Waals surface area contributed by atoms with Gasteiger partial charge in [-0.2, -0.15) is 0 Å². The zero-order chi connectivity index (χ0) is 17.6. The molecule has 1 aliphatic rings. The molecule has 6 heteroatoms. The molecule has 0 aliphatic heterocycles. The molecule has 0 unspecified atom stereocenters. The van der Waals surface area contributed by atoms with Gasteiger partial charge in [0.25, 0.3) is 5.91 Å². The first kappa shape index (κ1) is 17.3. The van der Waals surface area contributed by atoms with Gasteiger partial charge in [-0.25, -0.2) is 8.78 Å². The zero-order valence-electron chi connectivity index (χ0n) is 13.9. The topological polar surface area (TPSA) is 54.0 Å². The molecule has 132 valence electrons. The number of carbonyl (C=O) groups excluding carboxylic acids is 1. The van der Waals surface area contributed by atoms with Gasteiger partial charge >= 0.3 is 0 Å². The van der Waals surface area contributed by atoms with Crippen LogP contribution in [0.2, 0.25) is 0 Å². The fourth-order valence-corrected chi connectivity index (χ4v) is 3.07. The molecule has 0 spiro atoms. The Bertz CT molecular complexity index is 743. The van der Waals surface area contributed by atoms with Crippen LogP contribution in [0.3, 0.4) is 0 Å². The second kappa shape index (κ2) is 8.05. The molecule has 0 atom stereocenters. The molecule has 2 N–H and O–H groups in total. The van der Waals surface area contributed by atoms with Crippen molar-refractivity contribution >= 4 is 17.3 Å². The van der Waals surface area contributed by atoms with Crippen molar-refractivity contribution in [1.82, 2.24) is 4.98 Å². The Morgan fingerprint density at radius 1 is 0.960 bits per heavy atom. The van der Waals surface area contributed by atoms with Crippen molar-refractivity contribution in [1.29, 1.82) is 0 Å². The van der Waals surface area contributed by atoms with Crippen molar-refractivity contribution < 1.29 is 13.6 Å². The normalized spacial score (nSPS) is 15.4. The predicted molar refractivity (Wildman–Crippen MR) is 93.7 cm³/mol. The fourth-order valence-electron chi connectivity index (χ4n) is 3.07. The van der Waals surface area contributed by atoms with E-state index in [2.05, 4.69) is 15.6 Å². The predicted octanol–water partition coefficient (Wildman–Crippen LogP) is 4.75. The van der Waals surface area contributed by atoms with Crippen molar-refractivity contribution in [3.63, 3.8) is 0 Å². The molecule has 1 saturated carbocycles. The first-order valence-electron chi connectivity index (χ1n) is 8.61. The van der Waals surface area contributed by atoms with E-state index < -0.39 is 17.5 Å². The number of hydrogen-bond acceptors (Lipinski definition) is 3. The summed E-state index contributed by atoms with van der Waals surface area (Å²) in [5, 5.41) is 6.00. The van der Waals surface area contributed by atoms with E-state index in [1.807, 2.05) is 6.07 Å².